The van der Waals surface area contributed by atoms with Crippen LogP contribution in [0.4, 0.5) is 0 Å². The topological polar surface area (TPSA) is 51.4 Å². The van der Waals surface area contributed by atoms with Crippen molar-refractivity contribution in [2.45, 2.75) is 45.2 Å². The van der Waals surface area contributed by atoms with Crippen LogP contribution in [0.2, 0.25) is 0 Å². The number of ether oxygens (including phenoxy) is 1. The number of hydrogen-bond acceptors (Lipinski definition) is 5. The van der Waals surface area contributed by atoms with Crippen LogP contribution < -0.4 is 4.74 Å². The molecule has 2 aromatic rings. The summed E-state index contributed by atoms with van der Waals surface area (Å²) in [5, 5.41) is 8.41. The number of aromatic nitrogens is 2. The average molecular weight is 301 g/mol. The van der Waals surface area contributed by atoms with Crippen LogP contribution in [0.25, 0.3) is 11.5 Å². The van der Waals surface area contributed by atoms with Crippen molar-refractivity contribution in [1.82, 2.24) is 15.1 Å². The highest BCUT2D eigenvalue weighted by atomic mass is 16.5. The van der Waals surface area contributed by atoms with E-state index in [4.69, 9.17) is 9.15 Å². The van der Waals surface area contributed by atoms with Crippen LogP contribution in [0.15, 0.2) is 28.7 Å². The fourth-order valence-corrected chi connectivity index (χ4v) is 3.15. The molecule has 2 heterocycles. The Labute approximate surface area is 131 Å². The first-order valence-corrected chi connectivity index (χ1v) is 8.01. The van der Waals surface area contributed by atoms with Crippen LogP contribution in [0.3, 0.4) is 0 Å². The highest BCUT2D eigenvalue weighted by molar-refractivity contribution is 5.62. The lowest BCUT2D eigenvalue weighted by atomic mass is 10.0. The molecule has 3 rings (SSSR count). The number of para-hydroxylation sites is 1. The highest BCUT2D eigenvalue weighted by Crippen LogP contribution is 2.29. The van der Waals surface area contributed by atoms with E-state index in [0.29, 0.717) is 17.8 Å². The molecule has 1 atom stereocenters. The van der Waals surface area contributed by atoms with Crippen molar-refractivity contribution in [2.75, 3.05) is 13.7 Å². The zero-order chi connectivity index (χ0) is 15.4. The highest BCUT2D eigenvalue weighted by Gasteiger charge is 2.23. The summed E-state index contributed by atoms with van der Waals surface area (Å²) in [7, 11) is 1.65. The average Bonchev–Trinajstić information content (AvgIpc) is 3.03. The predicted molar refractivity (Wildman–Crippen MR) is 84.6 cm³/mol. The fraction of sp³-hybridized carbons (Fsp3) is 0.529. The molecular formula is C17H23N3O2. The summed E-state index contributed by atoms with van der Waals surface area (Å²) in [5.41, 5.74) is 0.842. The second kappa shape index (κ2) is 6.92. The molecule has 1 unspecified atom stereocenters. The Bertz CT molecular complexity index is 611. The first kappa shape index (κ1) is 15.0. The van der Waals surface area contributed by atoms with Crippen molar-refractivity contribution in [1.29, 1.82) is 0 Å². The van der Waals surface area contributed by atoms with Crippen molar-refractivity contribution < 1.29 is 9.15 Å². The van der Waals surface area contributed by atoms with Gasteiger partial charge in [0.05, 0.1) is 19.2 Å². The number of benzene rings is 1. The van der Waals surface area contributed by atoms with E-state index in [0.717, 1.165) is 24.4 Å². The van der Waals surface area contributed by atoms with Crippen LogP contribution in [-0.4, -0.2) is 34.8 Å². The number of rotatable bonds is 5. The van der Waals surface area contributed by atoms with Crippen molar-refractivity contribution in [3.63, 3.8) is 0 Å². The van der Waals surface area contributed by atoms with Gasteiger partial charge in [-0.25, -0.2) is 0 Å². The van der Waals surface area contributed by atoms with Crippen LogP contribution in [0, 0.1) is 0 Å². The molecule has 1 saturated heterocycles. The van der Waals surface area contributed by atoms with Crippen LogP contribution in [0.5, 0.6) is 5.75 Å². The van der Waals surface area contributed by atoms with Gasteiger partial charge in [0.2, 0.25) is 5.89 Å². The molecule has 118 valence electrons. The summed E-state index contributed by atoms with van der Waals surface area (Å²) in [6, 6.07) is 8.34. The van der Waals surface area contributed by atoms with E-state index in [-0.39, 0.29) is 0 Å². The Hall–Kier alpha value is -1.88. The molecule has 0 spiro atoms. The molecule has 5 heteroatoms. The zero-order valence-electron chi connectivity index (χ0n) is 13.3. The van der Waals surface area contributed by atoms with Crippen molar-refractivity contribution in [3.8, 4) is 17.2 Å². The fourth-order valence-electron chi connectivity index (χ4n) is 3.15. The van der Waals surface area contributed by atoms with Gasteiger partial charge in [-0.3, -0.25) is 4.90 Å². The van der Waals surface area contributed by atoms with Gasteiger partial charge >= 0.3 is 0 Å². The predicted octanol–water partition coefficient (Wildman–Crippen LogP) is 3.51. The Morgan fingerprint density at radius 3 is 2.95 bits per heavy atom. The number of nitrogens with zero attached hydrogens (tertiary/aromatic N) is 3. The third kappa shape index (κ3) is 3.14. The van der Waals surface area contributed by atoms with Gasteiger partial charge in [0.25, 0.3) is 5.89 Å². The van der Waals surface area contributed by atoms with E-state index in [1.165, 1.54) is 25.7 Å². The van der Waals surface area contributed by atoms with Gasteiger partial charge in [-0.2, -0.15) is 0 Å². The van der Waals surface area contributed by atoms with Gasteiger partial charge in [-0.1, -0.05) is 25.5 Å². The molecule has 1 aliphatic rings. The first-order valence-electron chi connectivity index (χ1n) is 8.01. The molecule has 0 amide bonds. The second-order valence-electron chi connectivity index (χ2n) is 5.73. The standard InChI is InChI=1S/C17H23N3O2/c1-3-13-8-6-7-11-20(13)12-16-18-19-17(22-16)14-9-4-5-10-15(14)21-2/h4-5,9-10,13H,3,6-8,11-12H2,1-2H3. The maximum absolute atomic E-state index is 5.86. The third-order valence-corrected chi connectivity index (χ3v) is 4.36. The number of piperidine rings is 1. The van der Waals surface area contributed by atoms with Gasteiger partial charge in [0.1, 0.15) is 5.75 Å². The van der Waals surface area contributed by atoms with Gasteiger partial charge in [-0.05, 0) is 37.9 Å². The monoisotopic (exact) mass is 301 g/mol. The lowest BCUT2D eigenvalue weighted by molar-refractivity contribution is 0.124. The van der Waals surface area contributed by atoms with Crippen LogP contribution in [0.1, 0.15) is 38.5 Å². The molecule has 1 aromatic heterocycles. The Kier molecular flexibility index (Phi) is 4.73. The van der Waals surface area contributed by atoms with E-state index in [1.807, 2.05) is 24.3 Å². The molecule has 0 radical (unpaired) electrons. The second-order valence-corrected chi connectivity index (χ2v) is 5.73. The molecule has 0 saturated carbocycles. The van der Waals surface area contributed by atoms with Crippen LogP contribution >= 0.6 is 0 Å². The summed E-state index contributed by atoms with van der Waals surface area (Å²) in [6.07, 6.45) is 5.02. The molecule has 1 aliphatic heterocycles. The zero-order valence-corrected chi connectivity index (χ0v) is 13.3. The summed E-state index contributed by atoms with van der Waals surface area (Å²) < 4.78 is 11.2. The summed E-state index contributed by atoms with van der Waals surface area (Å²) in [5.74, 6) is 1.96. The third-order valence-electron chi connectivity index (χ3n) is 4.36. The molecular weight excluding hydrogens is 278 g/mol. The molecule has 0 bridgehead atoms. The number of hydrogen-bond donors (Lipinski definition) is 0. The van der Waals surface area contributed by atoms with Crippen molar-refractivity contribution in [2.24, 2.45) is 0 Å². The Morgan fingerprint density at radius 1 is 1.27 bits per heavy atom. The van der Waals surface area contributed by atoms with Gasteiger partial charge in [0.15, 0.2) is 0 Å². The lowest BCUT2D eigenvalue weighted by Crippen LogP contribution is -2.38. The van der Waals surface area contributed by atoms with Gasteiger partial charge < -0.3 is 9.15 Å². The molecule has 0 N–H and O–H groups in total. The summed E-state index contributed by atoms with van der Waals surface area (Å²) in [4.78, 5) is 2.46. The minimum absolute atomic E-state index is 0.525. The SMILES string of the molecule is CCC1CCCCN1Cc1nnc(-c2ccccc2OC)o1. The van der Waals surface area contributed by atoms with E-state index in [1.54, 1.807) is 7.11 Å². The van der Waals surface area contributed by atoms with Gasteiger partial charge in [-0.15, -0.1) is 10.2 Å². The molecule has 22 heavy (non-hydrogen) atoms. The molecule has 5 nitrogen and oxygen atoms in total. The summed E-state index contributed by atoms with van der Waals surface area (Å²) in [6.45, 7) is 4.10. The maximum atomic E-state index is 5.86. The molecule has 1 fully saturated rings. The largest absolute Gasteiger partial charge is 0.496 e. The Morgan fingerprint density at radius 2 is 2.14 bits per heavy atom. The quantitative estimate of drug-likeness (QED) is 0.846. The smallest absolute Gasteiger partial charge is 0.251 e. The molecule has 1 aromatic carbocycles. The van der Waals surface area contributed by atoms with E-state index in [2.05, 4.69) is 22.0 Å². The van der Waals surface area contributed by atoms with Crippen molar-refractivity contribution >= 4 is 0 Å². The maximum Gasteiger partial charge on any atom is 0.251 e. The minimum atomic E-state index is 0.525. The van der Waals surface area contributed by atoms with Gasteiger partial charge in [0, 0.05) is 6.04 Å². The Balaban J connectivity index is 1.76. The number of likely N-dealkylation sites (tertiary alicyclic amines) is 1. The van der Waals surface area contributed by atoms with Crippen molar-refractivity contribution in [3.05, 3.63) is 30.2 Å². The first-order chi connectivity index (χ1) is 10.8. The summed E-state index contributed by atoms with van der Waals surface area (Å²) >= 11 is 0. The minimum Gasteiger partial charge on any atom is -0.496 e. The lowest BCUT2D eigenvalue weighted by Gasteiger charge is -2.33. The molecule has 0 aliphatic carbocycles. The van der Waals surface area contributed by atoms with E-state index in [9.17, 15) is 0 Å². The van der Waals surface area contributed by atoms with Crippen LogP contribution in [-0.2, 0) is 6.54 Å². The van der Waals surface area contributed by atoms with E-state index < -0.39 is 0 Å². The number of methoxy groups -OCH3 is 1. The normalized spacial score (nSPS) is 19.3. The van der Waals surface area contributed by atoms with E-state index >= 15 is 0 Å².